The Morgan fingerprint density at radius 2 is 0.857 bits per heavy atom. The average Bonchev–Trinajstić information content (AvgIpc) is 3.85. The second-order valence-corrected chi connectivity index (χ2v) is 15.1. The number of thiophene rings is 1. The quantitative estimate of drug-likeness (QED) is 0.171. The number of hydrogen-bond acceptors (Lipinski definition) is 5. The van der Waals surface area contributed by atoms with Gasteiger partial charge in [-0.3, -0.25) is 0 Å². The molecule has 0 saturated heterocycles. The second kappa shape index (κ2) is 13.3. The Morgan fingerprint density at radius 3 is 1.61 bits per heavy atom. The first-order valence-electron chi connectivity index (χ1n) is 18.7. The molecule has 56 heavy (non-hydrogen) atoms. The van der Waals surface area contributed by atoms with Crippen LogP contribution >= 0.6 is 11.3 Å². The lowest BCUT2D eigenvalue weighted by Gasteiger charge is -2.10. The highest BCUT2D eigenvalue weighted by Crippen LogP contribution is 2.41. The van der Waals surface area contributed by atoms with Crippen LogP contribution in [0.3, 0.4) is 0 Å². The lowest BCUT2D eigenvalue weighted by molar-refractivity contribution is 0.669. The number of nitrogens with zero attached hydrogens (tertiary/aromatic N) is 3. The van der Waals surface area contributed by atoms with E-state index in [4.69, 9.17) is 19.4 Å². The van der Waals surface area contributed by atoms with Gasteiger partial charge in [0.15, 0.2) is 17.5 Å². The summed E-state index contributed by atoms with van der Waals surface area (Å²) in [4.78, 5) is 14.9. The van der Waals surface area contributed by atoms with Crippen molar-refractivity contribution >= 4 is 53.4 Å². The van der Waals surface area contributed by atoms with E-state index in [0.29, 0.717) is 17.5 Å². The van der Waals surface area contributed by atoms with Crippen molar-refractivity contribution in [3.8, 4) is 67.5 Å². The summed E-state index contributed by atoms with van der Waals surface area (Å²) < 4.78 is 9.10. The molecule has 0 amide bonds. The minimum atomic E-state index is 0.623. The molecule has 0 spiro atoms. The van der Waals surface area contributed by atoms with Crippen LogP contribution in [-0.2, 0) is 0 Å². The molecule has 262 valence electrons. The molecule has 0 aliphatic carbocycles. The molecule has 3 aromatic heterocycles. The van der Waals surface area contributed by atoms with Crippen molar-refractivity contribution in [3.05, 3.63) is 188 Å². The van der Waals surface area contributed by atoms with Crippen molar-refractivity contribution < 1.29 is 4.42 Å². The first kappa shape index (κ1) is 32.2. The van der Waals surface area contributed by atoms with Crippen LogP contribution < -0.4 is 0 Å². The molecule has 0 aliphatic heterocycles. The third-order valence-corrected chi connectivity index (χ3v) is 11.7. The summed E-state index contributed by atoms with van der Waals surface area (Å²) >= 11 is 1.85. The van der Waals surface area contributed by atoms with Gasteiger partial charge in [-0.25, -0.2) is 15.0 Å². The van der Waals surface area contributed by atoms with E-state index >= 15 is 0 Å². The average molecular weight is 734 g/mol. The maximum Gasteiger partial charge on any atom is 0.164 e. The fourth-order valence-electron chi connectivity index (χ4n) is 7.79. The summed E-state index contributed by atoms with van der Waals surface area (Å²) in [5.41, 5.74) is 11.4. The van der Waals surface area contributed by atoms with Gasteiger partial charge in [0.1, 0.15) is 11.2 Å². The third-order valence-electron chi connectivity index (χ3n) is 10.5. The molecule has 0 unspecified atom stereocenters. The molecular weight excluding hydrogens is 703 g/mol. The molecule has 0 atom stereocenters. The van der Waals surface area contributed by atoms with Crippen LogP contribution in [0.1, 0.15) is 0 Å². The summed E-state index contributed by atoms with van der Waals surface area (Å²) in [5, 5.41) is 4.79. The Morgan fingerprint density at radius 1 is 0.321 bits per heavy atom. The molecular formula is C51H31N3OS. The molecule has 11 rings (SSSR count). The molecule has 0 radical (unpaired) electrons. The summed E-state index contributed by atoms with van der Waals surface area (Å²) in [6.07, 6.45) is 0. The molecule has 0 fully saturated rings. The van der Waals surface area contributed by atoms with Crippen molar-refractivity contribution in [1.82, 2.24) is 15.0 Å². The molecule has 11 aromatic rings. The summed E-state index contributed by atoms with van der Waals surface area (Å²) in [5.74, 6) is 1.90. The van der Waals surface area contributed by atoms with E-state index in [1.165, 1.54) is 31.3 Å². The van der Waals surface area contributed by atoms with Gasteiger partial charge in [-0.2, -0.15) is 0 Å². The van der Waals surface area contributed by atoms with Gasteiger partial charge in [-0.15, -0.1) is 11.3 Å². The maximum absolute atomic E-state index is 6.48. The predicted molar refractivity (Wildman–Crippen MR) is 233 cm³/mol. The Hall–Kier alpha value is -7.21. The number of hydrogen-bond donors (Lipinski definition) is 0. The van der Waals surface area contributed by atoms with Crippen LogP contribution in [0.25, 0.3) is 110 Å². The smallest absolute Gasteiger partial charge is 0.164 e. The van der Waals surface area contributed by atoms with Gasteiger partial charge in [0.05, 0.1) is 0 Å². The van der Waals surface area contributed by atoms with Crippen LogP contribution in [0, 0.1) is 0 Å². The number of furan rings is 1. The van der Waals surface area contributed by atoms with Crippen LogP contribution in [-0.4, -0.2) is 15.0 Å². The van der Waals surface area contributed by atoms with Crippen molar-refractivity contribution in [3.63, 3.8) is 0 Å². The molecule has 5 heteroatoms. The van der Waals surface area contributed by atoms with E-state index in [2.05, 4.69) is 127 Å². The Balaban J connectivity index is 0.999. The van der Waals surface area contributed by atoms with Crippen LogP contribution in [0.5, 0.6) is 0 Å². The predicted octanol–water partition coefficient (Wildman–Crippen LogP) is 14.1. The van der Waals surface area contributed by atoms with E-state index in [0.717, 1.165) is 60.9 Å². The Bertz CT molecular complexity index is 3200. The molecule has 0 N–H and O–H groups in total. The topological polar surface area (TPSA) is 51.8 Å². The zero-order chi connectivity index (χ0) is 37.0. The molecule has 0 bridgehead atoms. The molecule has 3 heterocycles. The number of rotatable bonds is 6. The first-order valence-corrected chi connectivity index (χ1v) is 19.5. The van der Waals surface area contributed by atoms with E-state index in [-0.39, 0.29) is 0 Å². The third kappa shape index (κ3) is 5.65. The highest BCUT2D eigenvalue weighted by Gasteiger charge is 2.17. The SMILES string of the molecule is c1ccc(-c2nc(-c3ccccc3)nc(-c3cccc(-c4cccc5oc6ccc(-c7cccc(-c8ccc9c(c8)sc8ccccc89)c7)cc6c45)c3)n2)cc1. The van der Waals surface area contributed by atoms with Gasteiger partial charge in [0.25, 0.3) is 0 Å². The number of benzene rings is 8. The Kier molecular flexibility index (Phi) is 7.64. The van der Waals surface area contributed by atoms with E-state index in [1.807, 2.05) is 72.0 Å². The minimum absolute atomic E-state index is 0.623. The Labute approximate surface area is 327 Å². The van der Waals surface area contributed by atoms with Gasteiger partial charge < -0.3 is 4.42 Å². The standard InChI is InChI=1S/C51H31N3OS/c1-3-12-32(13-4-1)49-52-50(33-14-5-2-6-15-33)54-51(53-49)39-19-10-18-38(29-39)40-21-11-22-45-48(40)43-30-36(25-27-44(43)55-45)34-16-9-17-35(28-34)37-24-26-42-41-20-7-8-23-46(41)56-47(42)31-37/h1-31H. The van der Waals surface area contributed by atoms with E-state index < -0.39 is 0 Å². The van der Waals surface area contributed by atoms with Crippen LogP contribution in [0.2, 0.25) is 0 Å². The van der Waals surface area contributed by atoms with E-state index in [9.17, 15) is 0 Å². The lowest BCUT2D eigenvalue weighted by Crippen LogP contribution is -2.00. The maximum atomic E-state index is 6.48. The molecule has 4 nitrogen and oxygen atoms in total. The monoisotopic (exact) mass is 733 g/mol. The molecule has 0 saturated carbocycles. The minimum Gasteiger partial charge on any atom is -0.456 e. The number of fused-ring (bicyclic) bond motifs is 6. The van der Waals surface area contributed by atoms with Crippen LogP contribution in [0.4, 0.5) is 0 Å². The fourth-order valence-corrected chi connectivity index (χ4v) is 8.94. The lowest BCUT2D eigenvalue weighted by atomic mass is 9.95. The highest BCUT2D eigenvalue weighted by atomic mass is 32.1. The van der Waals surface area contributed by atoms with Crippen molar-refractivity contribution in [2.75, 3.05) is 0 Å². The zero-order valence-electron chi connectivity index (χ0n) is 30.1. The van der Waals surface area contributed by atoms with Gasteiger partial charge in [0, 0.05) is 47.6 Å². The summed E-state index contributed by atoms with van der Waals surface area (Å²) in [6, 6.07) is 65.8. The molecule has 0 aliphatic rings. The van der Waals surface area contributed by atoms with Gasteiger partial charge >= 0.3 is 0 Å². The first-order chi connectivity index (χ1) is 27.7. The van der Waals surface area contributed by atoms with Crippen molar-refractivity contribution in [2.45, 2.75) is 0 Å². The van der Waals surface area contributed by atoms with E-state index in [1.54, 1.807) is 0 Å². The molecule has 8 aromatic carbocycles. The normalized spacial score (nSPS) is 11.6. The highest BCUT2D eigenvalue weighted by molar-refractivity contribution is 7.25. The van der Waals surface area contributed by atoms with Gasteiger partial charge in [-0.1, -0.05) is 146 Å². The van der Waals surface area contributed by atoms with Gasteiger partial charge in [-0.05, 0) is 75.8 Å². The summed E-state index contributed by atoms with van der Waals surface area (Å²) in [6.45, 7) is 0. The second-order valence-electron chi connectivity index (χ2n) is 14.0. The fraction of sp³-hybridized carbons (Fsp3) is 0. The van der Waals surface area contributed by atoms with Crippen LogP contribution in [0.15, 0.2) is 192 Å². The number of aromatic nitrogens is 3. The summed E-state index contributed by atoms with van der Waals surface area (Å²) in [7, 11) is 0. The van der Waals surface area contributed by atoms with Crippen molar-refractivity contribution in [1.29, 1.82) is 0 Å². The van der Waals surface area contributed by atoms with Crippen molar-refractivity contribution in [2.24, 2.45) is 0 Å². The zero-order valence-corrected chi connectivity index (χ0v) is 30.9. The largest absolute Gasteiger partial charge is 0.456 e. The van der Waals surface area contributed by atoms with Gasteiger partial charge in [0.2, 0.25) is 0 Å².